The van der Waals surface area contributed by atoms with E-state index >= 15 is 0 Å². The maximum atomic E-state index is 11.8. The smallest absolute Gasteiger partial charge is 0.303 e. The second-order valence-corrected chi connectivity index (χ2v) is 8.60. The summed E-state index contributed by atoms with van der Waals surface area (Å²) >= 11 is 0. The molecule has 0 radical (unpaired) electrons. The van der Waals surface area contributed by atoms with Crippen molar-refractivity contribution in [2.75, 3.05) is 33.0 Å². The Kier molecular flexibility index (Phi) is 12.8. The molecule has 2 saturated heterocycles. The van der Waals surface area contributed by atoms with Gasteiger partial charge in [0, 0.05) is 20.0 Å². The molecule has 36 heavy (non-hydrogen) atoms. The first-order valence-corrected chi connectivity index (χ1v) is 11.8. The summed E-state index contributed by atoms with van der Waals surface area (Å²) in [6.07, 6.45) is -11.8. The van der Waals surface area contributed by atoms with Crippen molar-refractivity contribution >= 4 is 11.9 Å². The van der Waals surface area contributed by atoms with Crippen molar-refractivity contribution in [1.29, 1.82) is 0 Å². The summed E-state index contributed by atoms with van der Waals surface area (Å²) in [5.41, 5.74) is 5.46. The summed E-state index contributed by atoms with van der Waals surface area (Å²) in [5.74, 6) is -1.56. The van der Waals surface area contributed by atoms with Crippen LogP contribution in [0.25, 0.3) is 0 Å². The Balaban J connectivity index is 2.14. The van der Waals surface area contributed by atoms with E-state index in [9.17, 15) is 35.1 Å². The van der Waals surface area contributed by atoms with Crippen LogP contribution in [0, 0.1) is 0 Å². The van der Waals surface area contributed by atoms with Gasteiger partial charge in [-0.05, 0) is 19.4 Å². The van der Waals surface area contributed by atoms with Gasteiger partial charge in [-0.3, -0.25) is 9.59 Å². The van der Waals surface area contributed by atoms with Gasteiger partial charge in [-0.25, -0.2) is 0 Å². The van der Waals surface area contributed by atoms with Gasteiger partial charge in [-0.15, -0.1) is 0 Å². The summed E-state index contributed by atoms with van der Waals surface area (Å²) in [7, 11) is 0. The van der Waals surface area contributed by atoms with Crippen LogP contribution in [0.3, 0.4) is 0 Å². The molecular formula is C21H38N2O13. The molecule has 210 valence electrons. The van der Waals surface area contributed by atoms with E-state index in [1.54, 1.807) is 0 Å². The highest BCUT2D eigenvalue weighted by Gasteiger charge is 2.51. The fourth-order valence-electron chi connectivity index (χ4n) is 4.02. The molecule has 0 spiro atoms. The summed E-state index contributed by atoms with van der Waals surface area (Å²) in [6.45, 7) is 0.381. The predicted octanol–water partition coefficient (Wildman–Crippen LogP) is -3.99. The maximum Gasteiger partial charge on any atom is 0.303 e. The number of carboxylic acids is 1. The zero-order valence-corrected chi connectivity index (χ0v) is 20.0. The third-order valence-electron chi connectivity index (χ3n) is 5.81. The van der Waals surface area contributed by atoms with E-state index < -0.39 is 86.4 Å². The van der Waals surface area contributed by atoms with E-state index in [1.165, 1.54) is 6.92 Å². The number of aliphatic hydroxyl groups is 5. The van der Waals surface area contributed by atoms with Gasteiger partial charge in [-0.2, -0.15) is 0 Å². The van der Waals surface area contributed by atoms with Gasteiger partial charge in [0.15, 0.2) is 12.6 Å². The number of aliphatic hydroxyl groups excluding tert-OH is 5. The van der Waals surface area contributed by atoms with Gasteiger partial charge >= 0.3 is 5.97 Å². The van der Waals surface area contributed by atoms with Crippen molar-refractivity contribution in [3.05, 3.63) is 0 Å². The fraction of sp³-hybridized carbons (Fsp3) is 0.905. The molecule has 0 bridgehead atoms. The number of aliphatic carboxylic acids is 1. The normalized spacial score (nSPS) is 37.0. The van der Waals surface area contributed by atoms with Crippen LogP contribution in [0.5, 0.6) is 0 Å². The molecule has 9 N–H and O–H groups in total. The molecule has 2 aliphatic rings. The van der Waals surface area contributed by atoms with Gasteiger partial charge in [0.1, 0.15) is 48.8 Å². The van der Waals surface area contributed by atoms with Gasteiger partial charge in [0.05, 0.1) is 19.8 Å². The van der Waals surface area contributed by atoms with Gasteiger partial charge in [-0.1, -0.05) is 0 Å². The molecule has 0 aliphatic carbocycles. The van der Waals surface area contributed by atoms with Crippen LogP contribution in [-0.4, -0.2) is 137 Å². The first kappa shape index (κ1) is 30.7. The minimum Gasteiger partial charge on any atom is -0.481 e. The minimum atomic E-state index is -1.66. The lowest BCUT2D eigenvalue weighted by molar-refractivity contribution is -0.348. The standard InChI is InChI=1S/C21H38N2O13/c1-10(26)23-14-15(29)18(32-7-3-5-22)11(8-24)34-20(14)36-19-12(9-25)35-21(17(31)16(19)30)33-6-2-4-13(27)28/h11-12,14-21,24-25,29-31H,2-9,22H2,1H3,(H,23,26)(H,27,28)/t11?,12?,14-,15?,16?,17-,18+,19+,20-,21+/m0/s1. The third-order valence-corrected chi connectivity index (χ3v) is 5.81. The molecule has 2 rings (SSSR count). The van der Waals surface area contributed by atoms with E-state index in [-0.39, 0.29) is 26.1 Å². The molecule has 15 heteroatoms. The van der Waals surface area contributed by atoms with Crippen molar-refractivity contribution in [3.8, 4) is 0 Å². The Bertz CT molecular complexity index is 684. The highest BCUT2D eigenvalue weighted by Crippen LogP contribution is 2.30. The first-order chi connectivity index (χ1) is 17.1. The molecule has 4 unspecified atom stereocenters. The second-order valence-electron chi connectivity index (χ2n) is 8.60. The molecule has 0 aromatic rings. The first-order valence-electron chi connectivity index (χ1n) is 11.8. The Morgan fingerprint density at radius 3 is 2.08 bits per heavy atom. The number of amides is 1. The lowest BCUT2D eigenvalue weighted by atomic mass is 9.95. The predicted molar refractivity (Wildman–Crippen MR) is 118 cm³/mol. The quantitative estimate of drug-likeness (QED) is 0.101. The number of ether oxygens (including phenoxy) is 5. The monoisotopic (exact) mass is 526 g/mol. The second kappa shape index (κ2) is 15.0. The lowest BCUT2D eigenvalue weighted by Gasteiger charge is -2.47. The number of hydrogen-bond acceptors (Lipinski definition) is 13. The topological polar surface area (TPSA) is 240 Å². The van der Waals surface area contributed by atoms with Crippen LogP contribution in [0.15, 0.2) is 0 Å². The Hall–Kier alpha value is -1.50. The Labute approximate surface area is 208 Å². The van der Waals surface area contributed by atoms with Crippen LogP contribution < -0.4 is 11.1 Å². The van der Waals surface area contributed by atoms with E-state index in [4.69, 9.17) is 34.5 Å². The van der Waals surface area contributed by atoms with Crippen LogP contribution >= 0.6 is 0 Å². The zero-order valence-electron chi connectivity index (χ0n) is 20.0. The number of nitrogens with two attached hydrogens (primary N) is 1. The van der Waals surface area contributed by atoms with Crippen molar-refractivity contribution in [2.24, 2.45) is 5.73 Å². The number of carboxylic acid groups (broad SMARTS) is 1. The fourth-order valence-corrected chi connectivity index (χ4v) is 4.02. The van der Waals surface area contributed by atoms with Gasteiger partial charge in [0.25, 0.3) is 0 Å². The van der Waals surface area contributed by atoms with Crippen LogP contribution in [0.4, 0.5) is 0 Å². The van der Waals surface area contributed by atoms with Crippen LogP contribution in [-0.2, 0) is 33.3 Å². The summed E-state index contributed by atoms with van der Waals surface area (Å²) in [4.78, 5) is 22.4. The highest BCUT2D eigenvalue weighted by molar-refractivity contribution is 5.73. The Morgan fingerprint density at radius 2 is 1.50 bits per heavy atom. The molecule has 15 nitrogen and oxygen atoms in total. The summed E-state index contributed by atoms with van der Waals surface area (Å²) in [5, 5.41) is 62.9. The molecule has 0 aromatic heterocycles. The van der Waals surface area contributed by atoms with Crippen molar-refractivity contribution in [2.45, 2.75) is 87.5 Å². The SMILES string of the molecule is CC(=O)N[C@H]1C(O)[C@H](OCCCN)C(CO)O[C@H]1O[C@@H]1C(CO)O[C@@H](OCCCC(=O)O)[C@@H](O)C1O. The highest BCUT2D eigenvalue weighted by atomic mass is 16.7. The molecule has 2 aliphatic heterocycles. The zero-order chi connectivity index (χ0) is 26.8. The molecule has 2 heterocycles. The molecule has 1 amide bonds. The van der Waals surface area contributed by atoms with E-state index in [0.29, 0.717) is 13.0 Å². The largest absolute Gasteiger partial charge is 0.481 e. The number of hydrogen-bond donors (Lipinski definition) is 8. The van der Waals surface area contributed by atoms with Crippen LogP contribution in [0.1, 0.15) is 26.2 Å². The molecule has 0 saturated carbocycles. The summed E-state index contributed by atoms with van der Waals surface area (Å²) in [6, 6.07) is -1.21. The average Bonchev–Trinajstić information content (AvgIpc) is 2.83. The van der Waals surface area contributed by atoms with Crippen LogP contribution in [0.2, 0.25) is 0 Å². The maximum absolute atomic E-state index is 11.8. The van der Waals surface area contributed by atoms with Crippen molar-refractivity contribution in [1.82, 2.24) is 5.32 Å². The van der Waals surface area contributed by atoms with E-state index in [1.807, 2.05) is 0 Å². The molecule has 0 aromatic carbocycles. The number of carbonyl (C=O) groups is 2. The molecule has 10 atom stereocenters. The van der Waals surface area contributed by atoms with Gasteiger partial charge in [0.2, 0.25) is 5.91 Å². The van der Waals surface area contributed by atoms with E-state index in [2.05, 4.69) is 5.32 Å². The number of carbonyl (C=O) groups excluding carboxylic acids is 1. The van der Waals surface area contributed by atoms with Crippen molar-refractivity contribution < 1.29 is 63.9 Å². The number of nitrogens with one attached hydrogen (secondary N) is 1. The molecular weight excluding hydrogens is 488 g/mol. The van der Waals surface area contributed by atoms with Gasteiger partial charge < -0.3 is 65.4 Å². The molecule has 2 fully saturated rings. The average molecular weight is 527 g/mol. The third kappa shape index (κ3) is 8.26. The summed E-state index contributed by atoms with van der Waals surface area (Å²) < 4.78 is 28.0. The van der Waals surface area contributed by atoms with E-state index in [0.717, 1.165) is 0 Å². The Morgan fingerprint density at radius 1 is 0.889 bits per heavy atom. The minimum absolute atomic E-state index is 0.0866. The number of rotatable bonds is 14. The van der Waals surface area contributed by atoms with Crippen molar-refractivity contribution in [3.63, 3.8) is 0 Å². The lowest BCUT2D eigenvalue weighted by Crippen LogP contribution is -2.68.